The molecule has 19 heavy (non-hydrogen) atoms. The van der Waals surface area contributed by atoms with Gasteiger partial charge in [0.25, 0.3) is 0 Å². The molecule has 4 nitrogen and oxygen atoms in total. The van der Waals surface area contributed by atoms with Crippen molar-refractivity contribution in [3.05, 3.63) is 29.3 Å². The van der Waals surface area contributed by atoms with E-state index in [2.05, 4.69) is 12.2 Å². The molecule has 0 heterocycles. The molecule has 1 atom stereocenters. The number of carboxylic acid groups (broad SMARTS) is 1. The van der Waals surface area contributed by atoms with Crippen LogP contribution in [0.5, 0.6) is 0 Å². The number of aromatic carboxylic acids is 1. The zero-order valence-electron chi connectivity index (χ0n) is 11.6. The molecule has 0 aliphatic heterocycles. The van der Waals surface area contributed by atoms with Gasteiger partial charge in [0, 0.05) is 18.8 Å². The van der Waals surface area contributed by atoms with E-state index in [1.165, 1.54) is 0 Å². The molecule has 4 heteroatoms. The van der Waals surface area contributed by atoms with Crippen LogP contribution >= 0.6 is 0 Å². The number of benzene rings is 1. The number of carboxylic acids is 1. The van der Waals surface area contributed by atoms with E-state index in [0.29, 0.717) is 11.5 Å². The second kappa shape index (κ2) is 7.79. The van der Waals surface area contributed by atoms with Crippen molar-refractivity contribution in [2.24, 2.45) is 5.92 Å². The lowest BCUT2D eigenvalue weighted by atomic mass is 10.00. The van der Waals surface area contributed by atoms with Gasteiger partial charge >= 0.3 is 5.97 Å². The predicted molar refractivity (Wildman–Crippen MR) is 76.7 cm³/mol. The lowest BCUT2D eigenvalue weighted by molar-refractivity contribution is 0.0697. The van der Waals surface area contributed by atoms with E-state index in [9.17, 15) is 4.79 Å². The maximum absolute atomic E-state index is 10.9. The molecule has 0 aliphatic rings. The van der Waals surface area contributed by atoms with Crippen molar-refractivity contribution in [2.45, 2.75) is 33.1 Å². The summed E-state index contributed by atoms with van der Waals surface area (Å²) in [6.07, 6.45) is 2.98. The van der Waals surface area contributed by atoms with Gasteiger partial charge in [-0.15, -0.1) is 0 Å². The van der Waals surface area contributed by atoms with Gasteiger partial charge in [0.15, 0.2) is 0 Å². The van der Waals surface area contributed by atoms with Crippen molar-refractivity contribution in [1.29, 1.82) is 0 Å². The van der Waals surface area contributed by atoms with E-state index in [4.69, 9.17) is 10.2 Å². The molecule has 0 saturated heterocycles. The number of carbonyl (C=O) groups is 1. The third-order valence-corrected chi connectivity index (χ3v) is 3.29. The van der Waals surface area contributed by atoms with E-state index in [1.807, 2.05) is 6.92 Å². The van der Waals surface area contributed by atoms with Gasteiger partial charge in [-0.3, -0.25) is 0 Å². The number of hydrogen-bond donors (Lipinski definition) is 3. The van der Waals surface area contributed by atoms with Gasteiger partial charge in [0.1, 0.15) is 0 Å². The summed E-state index contributed by atoms with van der Waals surface area (Å²) in [5.41, 5.74) is 2.20. The van der Waals surface area contributed by atoms with E-state index in [-0.39, 0.29) is 6.61 Å². The lowest BCUT2D eigenvalue weighted by Crippen LogP contribution is -2.16. The number of aliphatic hydroxyl groups excluding tert-OH is 1. The molecule has 1 unspecified atom stereocenters. The summed E-state index contributed by atoms with van der Waals surface area (Å²) >= 11 is 0. The Balaban J connectivity index is 2.63. The molecule has 0 saturated carbocycles. The first-order valence-corrected chi connectivity index (χ1v) is 6.77. The highest BCUT2D eigenvalue weighted by molar-refractivity contribution is 5.88. The first kappa shape index (κ1) is 15.5. The Hall–Kier alpha value is -1.55. The third kappa shape index (κ3) is 4.91. The molecule has 0 aliphatic carbocycles. The highest BCUT2D eigenvalue weighted by atomic mass is 16.4. The molecule has 0 radical (unpaired) electrons. The van der Waals surface area contributed by atoms with Gasteiger partial charge in [-0.2, -0.15) is 0 Å². The van der Waals surface area contributed by atoms with Crippen LogP contribution in [0.4, 0.5) is 5.69 Å². The predicted octanol–water partition coefficient (Wildman–Crippen LogP) is 2.90. The minimum Gasteiger partial charge on any atom is -0.478 e. The zero-order chi connectivity index (χ0) is 14.3. The van der Waals surface area contributed by atoms with Crippen molar-refractivity contribution in [3.8, 4) is 0 Å². The van der Waals surface area contributed by atoms with Gasteiger partial charge < -0.3 is 15.5 Å². The second-order valence-corrected chi connectivity index (χ2v) is 4.88. The fraction of sp³-hybridized carbons (Fsp3) is 0.533. The van der Waals surface area contributed by atoms with Crippen molar-refractivity contribution in [2.75, 3.05) is 18.5 Å². The molecule has 1 aromatic rings. The molecule has 106 valence electrons. The average molecular weight is 265 g/mol. The monoisotopic (exact) mass is 265 g/mol. The Bertz CT molecular complexity index is 412. The number of rotatable bonds is 8. The first-order chi connectivity index (χ1) is 9.08. The number of aryl methyl sites for hydroxylation is 1. The van der Waals surface area contributed by atoms with Crippen LogP contribution in [0.3, 0.4) is 0 Å². The Kier molecular flexibility index (Phi) is 6.36. The summed E-state index contributed by atoms with van der Waals surface area (Å²) in [7, 11) is 0. The fourth-order valence-electron chi connectivity index (χ4n) is 2.19. The number of aliphatic hydroxyl groups is 1. The van der Waals surface area contributed by atoms with Crippen LogP contribution in [0.15, 0.2) is 18.2 Å². The molecule has 0 aromatic heterocycles. The minimum absolute atomic E-state index is 0.212. The normalized spacial score (nSPS) is 12.2. The van der Waals surface area contributed by atoms with Gasteiger partial charge in [-0.05, 0) is 49.4 Å². The highest BCUT2D eigenvalue weighted by Gasteiger charge is 2.09. The molecular formula is C15H23NO3. The summed E-state index contributed by atoms with van der Waals surface area (Å²) in [6.45, 7) is 5.05. The molecule has 3 N–H and O–H groups in total. The number of hydrogen-bond acceptors (Lipinski definition) is 3. The largest absolute Gasteiger partial charge is 0.478 e. The Morgan fingerprint density at radius 2 is 2.11 bits per heavy atom. The lowest BCUT2D eigenvalue weighted by Gasteiger charge is -2.17. The van der Waals surface area contributed by atoms with E-state index in [0.717, 1.165) is 37.1 Å². The molecule has 0 fully saturated rings. The Morgan fingerprint density at radius 1 is 1.37 bits per heavy atom. The molecule has 0 bridgehead atoms. The van der Waals surface area contributed by atoms with E-state index < -0.39 is 5.97 Å². The van der Waals surface area contributed by atoms with Crippen LogP contribution in [0.1, 0.15) is 42.1 Å². The average Bonchev–Trinajstić information content (AvgIpc) is 2.37. The van der Waals surface area contributed by atoms with Crippen LogP contribution in [0.25, 0.3) is 0 Å². The molecule has 0 amide bonds. The smallest absolute Gasteiger partial charge is 0.335 e. The van der Waals surface area contributed by atoms with Gasteiger partial charge in [0.05, 0.1) is 5.56 Å². The van der Waals surface area contributed by atoms with Crippen LogP contribution in [-0.2, 0) is 0 Å². The molecule has 0 spiro atoms. The summed E-state index contributed by atoms with van der Waals surface area (Å²) in [5, 5.41) is 21.3. The fourth-order valence-corrected chi connectivity index (χ4v) is 2.19. The van der Waals surface area contributed by atoms with E-state index >= 15 is 0 Å². The summed E-state index contributed by atoms with van der Waals surface area (Å²) in [4.78, 5) is 10.9. The van der Waals surface area contributed by atoms with Gasteiger partial charge in [0.2, 0.25) is 0 Å². The zero-order valence-corrected chi connectivity index (χ0v) is 11.6. The Morgan fingerprint density at radius 3 is 2.63 bits per heavy atom. The third-order valence-electron chi connectivity index (χ3n) is 3.29. The van der Waals surface area contributed by atoms with Crippen LogP contribution in [-0.4, -0.2) is 29.3 Å². The summed E-state index contributed by atoms with van der Waals surface area (Å²) < 4.78 is 0. The van der Waals surface area contributed by atoms with E-state index in [1.54, 1.807) is 18.2 Å². The maximum Gasteiger partial charge on any atom is 0.335 e. The van der Waals surface area contributed by atoms with Crippen molar-refractivity contribution < 1.29 is 15.0 Å². The number of nitrogens with one attached hydrogen (secondary N) is 1. The molecular weight excluding hydrogens is 242 g/mol. The quantitative estimate of drug-likeness (QED) is 0.676. The molecule has 1 aromatic carbocycles. The molecule has 1 rings (SSSR count). The van der Waals surface area contributed by atoms with Crippen molar-refractivity contribution >= 4 is 11.7 Å². The Labute approximate surface area is 114 Å². The van der Waals surface area contributed by atoms with Crippen LogP contribution in [0.2, 0.25) is 0 Å². The van der Waals surface area contributed by atoms with Crippen LogP contribution < -0.4 is 5.32 Å². The minimum atomic E-state index is -0.904. The number of anilines is 1. The van der Waals surface area contributed by atoms with Crippen molar-refractivity contribution in [3.63, 3.8) is 0 Å². The first-order valence-electron chi connectivity index (χ1n) is 6.77. The highest BCUT2D eigenvalue weighted by Crippen LogP contribution is 2.19. The SMILES string of the molecule is CCCC(CCO)CNc1ccc(C(=O)O)cc1C. The summed E-state index contributed by atoms with van der Waals surface area (Å²) in [6, 6.07) is 5.09. The maximum atomic E-state index is 10.9. The van der Waals surface area contributed by atoms with Crippen molar-refractivity contribution in [1.82, 2.24) is 0 Å². The standard InChI is InChI=1S/C15H23NO3/c1-3-4-12(7-8-17)10-16-14-6-5-13(15(18)19)9-11(14)2/h5-6,9,12,16-17H,3-4,7-8,10H2,1-2H3,(H,18,19). The second-order valence-electron chi connectivity index (χ2n) is 4.88. The van der Waals surface area contributed by atoms with Crippen LogP contribution in [0, 0.1) is 12.8 Å². The van der Waals surface area contributed by atoms with Gasteiger partial charge in [-0.1, -0.05) is 13.3 Å². The van der Waals surface area contributed by atoms with Gasteiger partial charge in [-0.25, -0.2) is 4.79 Å². The topological polar surface area (TPSA) is 69.6 Å². The summed E-state index contributed by atoms with van der Waals surface area (Å²) in [5.74, 6) is -0.452.